The maximum atomic E-state index is 13.3. The minimum absolute atomic E-state index is 0.188. The summed E-state index contributed by atoms with van der Waals surface area (Å²) in [6.45, 7) is 0. The SMILES string of the molecule is CNC(=O)c1c(-c2ccc(F)cc2)c(-c2ccncc2)cn1C. The lowest BCUT2D eigenvalue weighted by molar-refractivity contribution is 0.0956. The summed E-state index contributed by atoms with van der Waals surface area (Å²) in [6, 6.07) is 9.92. The minimum Gasteiger partial charge on any atom is -0.354 e. The molecule has 0 bridgehead atoms. The lowest BCUT2D eigenvalue weighted by atomic mass is 9.97. The van der Waals surface area contributed by atoms with Crippen LogP contribution in [0.15, 0.2) is 55.0 Å². The molecular formula is C18H16FN3O. The summed E-state index contributed by atoms with van der Waals surface area (Å²) in [5.41, 5.74) is 3.95. The fourth-order valence-electron chi connectivity index (χ4n) is 2.68. The molecule has 0 aliphatic rings. The predicted octanol–water partition coefficient (Wildman–Crippen LogP) is 3.25. The number of rotatable bonds is 3. The van der Waals surface area contributed by atoms with Crippen molar-refractivity contribution in [3.05, 3.63) is 66.5 Å². The van der Waals surface area contributed by atoms with E-state index in [-0.39, 0.29) is 11.7 Å². The molecule has 0 unspecified atom stereocenters. The zero-order valence-electron chi connectivity index (χ0n) is 12.9. The molecule has 4 nitrogen and oxygen atoms in total. The maximum absolute atomic E-state index is 13.3. The highest BCUT2D eigenvalue weighted by atomic mass is 19.1. The number of aryl methyl sites for hydroxylation is 1. The van der Waals surface area contributed by atoms with Crippen LogP contribution in [-0.2, 0) is 7.05 Å². The fraction of sp³-hybridized carbons (Fsp3) is 0.111. The first kappa shape index (κ1) is 15.0. The molecule has 0 aliphatic carbocycles. The molecule has 0 spiro atoms. The second-order valence-electron chi connectivity index (χ2n) is 5.20. The second kappa shape index (κ2) is 6.04. The first-order chi connectivity index (χ1) is 11.1. The molecule has 0 aliphatic heterocycles. The second-order valence-corrected chi connectivity index (χ2v) is 5.20. The van der Waals surface area contributed by atoms with Gasteiger partial charge in [0.15, 0.2) is 0 Å². The molecule has 2 heterocycles. The maximum Gasteiger partial charge on any atom is 0.268 e. The highest BCUT2D eigenvalue weighted by molar-refractivity contribution is 6.04. The van der Waals surface area contributed by atoms with E-state index in [4.69, 9.17) is 0 Å². The van der Waals surface area contributed by atoms with Crippen LogP contribution in [0.25, 0.3) is 22.3 Å². The highest BCUT2D eigenvalue weighted by Crippen LogP contribution is 2.36. The van der Waals surface area contributed by atoms with Crippen LogP contribution in [0.2, 0.25) is 0 Å². The van der Waals surface area contributed by atoms with Gasteiger partial charge >= 0.3 is 0 Å². The van der Waals surface area contributed by atoms with Gasteiger partial charge in [0.2, 0.25) is 0 Å². The van der Waals surface area contributed by atoms with Gasteiger partial charge in [0, 0.05) is 43.8 Å². The van der Waals surface area contributed by atoms with Crippen molar-refractivity contribution >= 4 is 5.91 Å². The van der Waals surface area contributed by atoms with Crippen LogP contribution in [0.1, 0.15) is 10.5 Å². The molecule has 1 aromatic carbocycles. The van der Waals surface area contributed by atoms with Gasteiger partial charge in [-0.15, -0.1) is 0 Å². The number of carbonyl (C=O) groups excluding carboxylic acids is 1. The Bertz CT molecular complexity index is 839. The van der Waals surface area contributed by atoms with Crippen LogP contribution in [0.3, 0.4) is 0 Å². The van der Waals surface area contributed by atoms with Crippen molar-refractivity contribution in [3.8, 4) is 22.3 Å². The van der Waals surface area contributed by atoms with E-state index in [0.29, 0.717) is 5.69 Å². The zero-order chi connectivity index (χ0) is 16.4. The normalized spacial score (nSPS) is 10.6. The molecule has 1 amide bonds. The van der Waals surface area contributed by atoms with Crippen LogP contribution >= 0.6 is 0 Å². The molecule has 3 rings (SSSR count). The average molecular weight is 309 g/mol. The van der Waals surface area contributed by atoms with Crippen LogP contribution in [0.4, 0.5) is 4.39 Å². The number of halogens is 1. The van der Waals surface area contributed by atoms with E-state index >= 15 is 0 Å². The molecule has 23 heavy (non-hydrogen) atoms. The Hall–Kier alpha value is -2.95. The number of pyridine rings is 1. The molecule has 3 aromatic rings. The third-order valence-electron chi connectivity index (χ3n) is 3.75. The number of hydrogen-bond donors (Lipinski definition) is 1. The smallest absolute Gasteiger partial charge is 0.268 e. The van der Waals surface area contributed by atoms with Gasteiger partial charge in [-0.25, -0.2) is 4.39 Å². The number of nitrogens with zero attached hydrogens (tertiary/aromatic N) is 2. The molecule has 0 saturated carbocycles. The van der Waals surface area contributed by atoms with Gasteiger partial charge in [0.1, 0.15) is 11.5 Å². The number of nitrogens with one attached hydrogen (secondary N) is 1. The molecule has 0 fully saturated rings. The van der Waals surface area contributed by atoms with Crippen LogP contribution < -0.4 is 5.32 Å². The minimum atomic E-state index is -0.309. The predicted molar refractivity (Wildman–Crippen MR) is 87.4 cm³/mol. The zero-order valence-corrected chi connectivity index (χ0v) is 12.9. The van der Waals surface area contributed by atoms with E-state index in [1.54, 1.807) is 36.1 Å². The lowest BCUT2D eigenvalue weighted by Gasteiger charge is -2.09. The summed E-state index contributed by atoms with van der Waals surface area (Å²) < 4.78 is 15.0. The molecule has 116 valence electrons. The van der Waals surface area contributed by atoms with Crippen molar-refractivity contribution in [2.75, 3.05) is 7.05 Å². The van der Waals surface area contributed by atoms with E-state index < -0.39 is 0 Å². The van der Waals surface area contributed by atoms with Gasteiger partial charge < -0.3 is 9.88 Å². The van der Waals surface area contributed by atoms with Gasteiger partial charge in [-0.3, -0.25) is 9.78 Å². The first-order valence-electron chi connectivity index (χ1n) is 7.19. The largest absolute Gasteiger partial charge is 0.354 e. The summed E-state index contributed by atoms with van der Waals surface area (Å²) in [7, 11) is 3.41. The standard InChI is InChI=1S/C18H16FN3O/c1-20-18(23)17-16(13-3-5-14(19)6-4-13)15(11-22(17)2)12-7-9-21-10-8-12/h3-11H,1-2H3,(H,20,23). The number of aromatic nitrogens is 2. The van der Waals surface area contributed by atoms with Crippen molar-refractivity contribution in [1.82, 2.24) is 14.9 Å². The van der Waals surface area contributed by atoms with Gasteiger partial charge in [-0.2, -0.15) is 0 Å². The molecule has 1 N–H and O–H groups in total. The number of benzene rings is 1. The summed E-state index contributed by atoms with van der Waals surface area (Å²) in [4.78, 5) is 16.4. The fourth-order valence-corrected chi connectivity index (χ4v) is 2.68. The Kier molecular flexibility index (Phi) is 3.93. The van der Waals surface area contributed by atoms with E-state index in [1.165, 1.54) is 12.1 Å². The third-order valence-corrected chi connectivity index (χ3v) is 3.75. The first-order valence-corrected chi connectivity index (χ1v) is 7.19. The Morgan fingerprint density at radius 1 is 1.09 bits per heavy atom. The van der Waals surface area contributed by atoms with Crippen LogP contribution in [0.5, 0.6) is 0 Å². The Balaban J connectivity index is 2.29. The Labute approximate surface area is 133 Å². The molecule has 0 saturated heterocycles. The van der Waals surface area contributed by atoms with Crippen molar-refractivity contribution in [1.29, 1.82) is 0 Å². The van der Waals surface area contributed by atoms with Crippen molar-refractivity contribution < 1.29 is 9.18 Å². The Morgan fingerprint density at radius 2 is 1.74 bits per heavy atom. The Morgan fingerprint density at radius 3 is 2.35 bits per heavy atom. The van der Waals surface area contributed by atoms with Crippen LogP contribution in [0, 0.1) is 5.82 Å². The molecular weight excluding hydrogens is 293 g/mol. The monoisotopic (exact) mass is 309 g/mol. The van der Waals surface area contributed by atoms with Gasteiger partial charge in [0.25, 0.3) is 5.91 Å². The van der Waals surface area contributed by atoms with Gasteiger partial charge in [0.05, 0.1) is 0 Å². The lowest BCUT2D eigenvalue weighted by Crippen LogP contribution is -2.21. The van der Waals surface area contributed by atoms with Crippen molar-refractivity contribution in [3.63, 3.8) is 0 Å². The van der Waals surface area contributed by atoms with Gasteiger partial charge in [-0.1, -0.05) is 12.1 Å². The summed E-state index contributed by atoms with van der Waals surface area (Å²) in [6.07, 6.45) is 5.31. The molecule has 5 heteroatoms. The van der Waals surface area contributed by atoms with Crippen LogP contribution in [-0.4, -0.2) is 22.5 Å². The quantitative estimate of drug-likeness (QED) is 0.807. The number of carbonyl (C=O) groups is 1. The van der Waals surface area contributed by atoms with E-state index in [0.717, 1.165) is 22.3 Å². The number of amides is 1. The van der Waals surface area contributed by atoms with Crippen molar-refractivity contribution in [2.45, 2.75) is 0 Å². The van der Waals surface area contributed by atoms with E-state index in [9.17, 15) is 9.18 Å². The molecule has 2 aromatic heterocycles. The summed E-state index contributed by atoms with van der Waals surface area (Å²) in [5.74, 6) is -0.497. The summed E-state index contributed by atoms with van der Waals surface area (Å²) >= 11 is 0. The highest BCUT2D eigenvalue weighted by Gasteiger charge is 2.21. The topological polar surface area (TPSA) is 46.9 Å². The van der Waals surface area contributed by atoms with E-state index in [2.05, 4.69) is 10.3 Å². The number of hydrogen-bond acceptors (Lipinski definition) is 2. The summed E-state index contributed by atoms with van der Waals surface area (Å²) in [5, 5.41) is 2.66. The third kappa shape index (κ3) is 2.73. The van der Waals surface area contributed by atoms with Gasteiger partial charge in [-0.05, 0) is 35.4 Å². The van der Waals surface area contributed by atoms with E-state index in [1.807, 2.05) is 25.4 Å². The molecule has 0 atom stereocenters. The molecule has 0 radical (unpaired) electrons. The van der Waals surface area contributed by atoms with Crippen molar-refractivity contribution in [2.24, 2.45) is 7.05 Å². The average Bonchev–Trinajstić information content (AvgIpc) is 2.93.